The van der Waals surface area contributed by atoms with Gasteiger partial charge in [0.25, 0.3) is 0 Å². The van der Waals surface area contributed by atoms with Crippen LogP contribution >= 0.6 is 7.82 Å². The lowest BCUT2D eigenvalue weighted by Gasteiger charge is -2.38. The van der Waals surface area contributed by atoms with Gasteiger partial charge >= 0.3 is 13.9 Å². The number of phosphoric ester groups is 1. The van der Waals surface area contributed by atoms with Crippen molar-refractivity contribution in [1.29, 1.82) is 0 Å². The molecule has 0 bridgehead atoms. The van der Waals surface area contributed by atoms with Crippen molar-refractivity contribution in [3.8, 4) is 11.5 Å². The average molecular weight is 610 g/mol. The van der Waals surface area contributed by atoms with Gasteiger partial charge in [0, 0.05) is 7.11 Å². The fraction of sp³-hybridized carbons (Fsp3) is 0.303. The molecular weight excluding hydrogens is 569 g/mol. The van der Waals surface area contributed by atoms with Crippen LogP contribution in [0.2, 0.25) is 0 Å². The van der Waals surface area contributed by atoms with Crippen molar-refractivity contribution in [2.45, 2.75) is 51.4 Å². The first-order chi connectivity index (χ1) is 20.5. The second-order valence-corrected chi connectivity index (χ2v) is 11.9. The third kappa shape index (κ3) is 10.9. The Morgan fingerprint density at radius 3 is 1.88 bits per heavy atom. The summed E-state index contributed by atoms with van der Waals surface area (Å²) in [6.45, 7) is 13.1. The predicted octanol–water partition coefficient (Wildman–Crippen LogP) is 8.15. The van der Waals surface area contributed by atoms with Crippen LogP contribution in [0, 0.1) is 0 Å². The zero-order valence-electron chi connectivity index (χ0n) is 25.1. The summed E-state index contributed by atoms with van der Waals surface area (Å²) in [4.78, 5) is 15.1. The lowest BCUT2D eigenvalue weighted by molar-refractivity contribution is -0.0985. The van der Waals surface area contributed by atoms with Crippen molar-refractivity contribution in [2.75, 3.05) is 13.9 Å². The maximum absolute atomic E-state index is 14.2. The molecule has 0 aliphatic heterocycles. The molecular formula is C33H40NO8P. The van der Waals surface area contributed by atoms with Crippen molar-refractivity contribution < 1.29 is 37.1 Å². The normalized spacial score (nSPS) is 12.8. The standard InChI is InChI=1S/C33H40NO8P/c1-7-17-31(38-25-37-6)30(24-27-18-11-8-12-19-27)34(32(35)39-33(3,4)5)26(2)40-43(36,41-28-20-13-9-14-21-28)42-29-22-15-10-16-23-29/h7-16,18-23,30-31H,1-2,17,24-25H2,3-6H3/t30-,31-/m0/s1. The molecule has 0 heterocycles. The first kappa shape index (κ1) is 33.5. The molecule has 0 aromatic heterocycles. The van der Waals surface area contributed by atoms with Gasteiger partial charge in [-0.3, -0.25) is 0 Å². The minimum absolute atomic E-state index is 0.0496. The monoisotopic (exact) mass is 609 g/mol. The number of benzene rings is 3. The summed E-state index contributed by atoms with van der Waals surface area (Å²) >= 11 is 0. The molecule has 2 atom stereocenters. The van der Waals surface area contributed by atoms with Crippen molar-refractivity contribution in [3.05, 3.63) is 122 Å². The SMILES string of the molecule is C=CC[C@H](OCOC)[C@H](Cc1ccccc1)N(C(=C)OP(=O)(Oc1ccccc1)Oc1ccccc1)C(=O)OC(C)(C)C. The quantitative estimate of drug-likeness (QED) is 0.0695. The van der Waals surface area contributed by atoms with E-state index in [4.69, 9.17) is 27.8 Å². The number of para-hydroxylation sites is 2. The number of nitrogens with zero attached hydrogens (tertiary/aromatic N) is 1. The van der Waals surface area contributed by atoms with Crippen molar-refractivity contribution in [1.82, 2.24) is 4.90 Å². The number of carbonyl (C=O) groups excluding carboxylic acids is 1. The van der Waals surface area contributed by atoms with Crippen LogP contribution < -0.4 is 9.05 Å². The highest BCUT2D eigenvalue weighted by molar-refractivity contribution is 7.49. The van der Waals surface area contributed by atoms with E-state index in [0.29, 0.717) is 12.8 Å². The second-order valence-electron chi connectivity index (χ2n) is 10.5. The third-order valence-electron chi connectivity index (χ3n) is 5.84. The molecule has 43 heavy (non-hydrogen) atoms. The van der Waals surface area contributed by atoms with Crippen molar-refractivity contribution in [3.63, 3.8) is 0 Å². The van der Waals surface area contributed by atoms with Crippen LogP contribution in [-0.4, -0.2) is 42.6 Å². The minimum Gasteiger partial charge on any atom is -0.443 e. The van der Waals surface area contributed by atoms with E-state index in [1.807, 2.05) is 30.3 Å². The van der Waals surface area contributed by atoms with E-state index < -0.39 is 31.7 Å². The number of ether oxygens (including phenoxy) is 3. The number of hydrogen-bond donors (Lipinski definition) is 0. The van der Waals surface area contributed by atoms with Crippen LogP contribution in [0.1, 0.15) is 32.8 Å². The van der Waals surface area contributed by atoms with Gasteiger partial charge < -0.3 is 27.8 Å². The third-order valence-corrected chi connectivity index (χ3v) is 7.15. The number of methoxy groups -OCH3 is 1. The van der Waals surface area contributed by atoms with E-state index in [9.17, 15) is 9.36 Å². The van der Waals surface area contributed by atoms with Gasteiger partial charge in [-0.15, -0.1) is 6.58 Å². The Labute approximate surface area is 254 Å². The summed E-state index contributed by atoms with van der Waals surface area (Å²) < 4.78 is 48.7. The van der Waals surface area contributed by atoms with Crippen LogP contribution in [-0.2, 0) is 29.7 Å². The Morgan fingerprint density at radius 2 is 1.42 bits per heavy atom. The summed E-state index contributed by atoms with van der Waals surface area (Å²) in [6, 6.07) is 25.6. The molecule has 1 amide bonds. The van der Waals surface area contributed by atoms with Crippen LogP contribution in [0.5, 0.6) is 11.5 Å². The molecule has 0 aliphatic carbocycles. The molecule has 0 aliphatic rings. The Morgan fingerprint density at radius 1 is 0.907 bits per heavy atom. The first-order valence-electron chi connectivity index (χ1n) is 13.8. The molecule has 0 fully saturated rings. The van der Waals surface area contributed by atoms with Crippen molar-refractivity contribution in [2.24, 2.45) is 0 Å². The maximum Gasteiger partial charge on any atom is 0.648 e. The van der Waals surface area contributed by atoms with Gasteiger partial charge in [-0.25, -0.2) is 9.69 Å². The minimum atomic E-state index is -4.49. The van der Waals surface area contributed by atoms with E-state index in [2.05, 4.69) is 13.2 Å². The molecule has 10 heteroatoms. The predicted molar refractivity (Wildman–Crippen MR) is 166 cm³/mol. The highest BCUT2D eigenvalue weighted by atomic mass is 31.2. The molecule has 0 unspecified atom stereocenters. The largest absolute Gasteiger partial charge is 0.648 e. The molecule has 3 rings (SSSR count). The zero-order valence-corrected chi connectivity index (χ0v) is 26.0. The zero-order chi connectivity index (χ0) is 31.3. The smallest absolute Gasteiger partial charge is 0.443 e. The van der Waals surface area contributed by atoms with Gasteiger partial charge in [-0.05, 0) is 70.0 Å². The number of carbonyl (C=O) groups is 1. The molecule has 3 aromatic rings. The van der Waals surface area contributed by atoms with E-state index in [1.165, 1.54) is 12.0 Å². The molecule has 0 saturated heterocycles. The summed E-state index contributed by atoms with van der Waals surface area (Å²) in [5.74, 6) is 0.139. The average Bonchev–Trinajstić information content (AvgIpc) is 2.95. The molecule has 0 N–H and O–H groups in total. The Hall–Kier alpha value is -4.04. The topological polar surface area (TPSA) is 92.8 Å². The summed E-state index contributed by atoms with van der Waals surface area (Å²) in [5.41, 5.74) is 0.0205. The summed E-state index contributed by atoms with van der Waals surface area (Å²) in [7, 11) is -2.98. The van der Waals surface area contributed by atoms with Crippen LogP contribution in [0.15, 0.2) is 116 Å². The molecule has 9 nitrogen and oxygen atoms in total. The lowest BCUT2D eigenvalue weighted by Crippen LogP contribution is -2.50. The van der Waals surface area contributed by atoms with Crippen LogP contribution in [0.3, 0.4) is 0 Å². The highest BCUT2D eigenvalue weighted by Gasteiger charge is 2.42. The van der Waals surface area contributed by atoms with Crippen LogP contribution in [0.4, 0.5) is 4.79 Å². The fourth-order valence-electron chi connectivity index (χ4n) is 4.08. The molecule has 230 valence electrons. The molecule has 0 saturated carbocycles. The number of phosphoric acid groups is 1. The summed E-state index contributed by atoms with van der Waals surface area (Å²) in [6.07, 6.45) is 0.881. The van der Waals surface area contributed by atoms with E-state index in [0.717, 1.165) is 5.56 Å². The number of amides is 1. The summed E-state index contributed by atoms with van der Waals surface area (Å²) in [5, 5.41) is 0. The number of hydrogen-bond acceptors (Lipinski definition) is 8. The second kappa shape index (κ2) is 16.0. The number of rotatable bonds is 16. The van der Waals surface area contributed by atoms with Gasteiger partial charge in [-0.1, -0.05) is 72.8 Å². The van der Waals surface area contributed by atoms with Gasteiger partial charge in [0.1, 0.15) is 23.9 Å². The van der Waals surface area contributed by atoms with E-state index >= 15 is 0 Å². The molecule has 0 radical (unpaired) electrons. The van der Waals surface area contributed by atoms with E-state index in [-0.39, 0.29) is 24.2 Å². The molecule has 3 aromatic carbocycles. The first-order valence-corrected chi connectivity index (χ1v) is 15.2. The Kier molecular flexibility index (Phi) is 12.4. The van der Waals surface area contributed by atoms with Gasteiger partial charge in [0.15, 0.2) is 0 Å². The van der Waals surface area contributed by atoms with Gasteiger partial charge in [0.2, 0.25) is 5.88 Å². The Bertz CT molecular complexity index is 1300. The molecule has 0 spiro atoms. The Balaban J connectivity index is 2.08. The van der Waals surface area contributed by atoms with Crippen molar-refractivity contribution >= 4 is 13.9 Å². The highest BCUT2D eigenvalue weighted by Crippen LogP contribution is 2.52. The van der Waals surface area contributed by atoms with Crippen LogP contribution in [0.25, 0.3) is 0 Å². The van der Waals surface area contributed by atoms with E-state index in [1.54, 1.807) is 87.5 Å². The van der Waals surface area contributed by atoms with Gasteiger partial charge in [-0.2, -0.15) is 4.57 Å². The maximum atomic E-state index is 14.2. The lowest BCUT2D eigenvalue weighted by atomic mass is 9.97. The fourth-order valence-corrected chi connectivity index (χ4v) is 5.30. The van der Waals surface area contributed by atoms with Gasteiger partial charge in [0.05, 0.1) is 12.1 Å².